The van der Waals surface area contributed by atoms with E-state index in [-0.39, 0.29) is 10.6 Å². The molecule has 0 aromatic carbocycles. The summed E-state index contributed by atoms with van der Waals surface area (Å²) in [5.74, 6) is 1.71. The van der Waals surface area contributed by atoms with E-state index in [4.69, 9.17) is 0 Å². The zero-order valence-electron chi connectivity index (χ0n) is 11.8. The summed E-state index contributed by atoms with van der Waals surface area (Å²) in [6.07, 6.45) is 6.75. The smallest absolute Gasteiger partial charge is 0.333 e. The number of hydrogen-bond acceptors (Lipinski definition) is 5. The number of rotatable bonds is 9. The first-order chi connectivity index (χ1) is 9.07. The Morgan fingerprint density at radius 1 is 1.37 bits per heavy atom. The SMILES string of the molecule is CSCCCCCCNc1c([N+](=O)[O-])c(C)nn1C. The lowest BCUT2D eigenvalue weighted by Gasteiger charge is -2.05. The van der Waals surface area contributed by atoms with Crippen LogP contribution in [0.2, 0.25) is 0 Å². The number of nitrogens with one attached hydrogen (secondary N) is 1. The highest BCUT2D eigenvalue weighted by atomic mass is 32.2. The molecule has 1 rings (SSSR count). The topological polar surface area (TPSA) is 73.0 Å². The Kier molecular flexibility index (Phi) is 6.69. The first-order valence-electron chi connectivity index (χ1n) is 6.48. The second kappa shape index (κ2) is 8.04. The molecule has 0 aliphatic rings. The number of aromatic nitrogens is 2. The van der Waals surface area contributed by atoms with E-state index in [1.807, 2.05) is 11.8 Å². The highest BCUT2D eigenvalue weighted by Gasteiger charge is 2.23. The van der Waals surface area contributed by atoms with Crippen LogP contribution in [0.1, 0.15) is 31.4 Å². The number of nitro groups is 1. The van der Waals surface area contributed by atoms with Gasteiger partial charge in [0, 0.05) is 13.6 Å². The van der Waals surface area contributed by atoms with Gasteiger partial charge in [-0.15, -0.1) is 0 Å². The fourth-order valence-electron chi connectivity index (χ4n) is 2.00. The van der Waals surface area contributed by atoms with Gasteiger partial charge < -0.3 is 5.32 Å². The van der Waals surface area contributed by atoms with Crippen molar-refractivity contribution in [2.75, 3.05) is 23.9 Å². The molecule has 1 aromatic rings. The van der Waals surface area contributed by atoms with E-state index in [2.05, 4.69) is 16.7 Å². The minimum atomic E-state index is -0.372. The Balaban J connectivity index is 2.39. The summed E-state index contributed by atoms with van der Waals surface area (Å²) in [5.41, 5.74) is 0.542. The van der Waals surface area contributed by atoms with Crippen molar-refractivity contribution in [2.24, 2.45) is 7.05 Å². The number of unbranched alkanes of at least 4 members (excludes halogenated alkanes) is 3. The van der Waals surface area contributed by atoms with Crippen LogP contribution in [-0.4, -0.2) is 33.3 Å². The highest BCUT2D eigenvalue weighted by molar-refractivity contribution is 7.98. The molecule has 7 heteroatoms. The predicted molar refractivity (Wildman–Crippen MR) is 79.9 cm³/mol. The van der Waals surface area contributed by atoms with Gasteiger partial charge in [0.25, 0.3) is 0 Å². The molecule has 0 spiro atoms. The zero-order valence-corrected chi connectivity index (χ0v) is 12.6. The minimum Gasteiger partial charge on any atom is -0.365 e. The molecule has 0 aliphatic heterocycles. The van der Waals surface area contributed by atoms with Crippen molar-refractivity contribution >= 4 is 23.3 Å². The van der Waals surface area contributed by atoms with Crippen LogP contribution in [0.25, 0.3) is 0 Å². The van der Waals surface area contributed by atoms with E-state index >= 15 is 0 Å². The molecule has 0 radical (unpaired) electrons. The fraction of sp³-hybridized carbons (Fsp3) is 0.750. The van der Waals surface area contributed by atoms with Gasteiger partial charge in [0.2, 0.25) is 5.82 Å². The lowest BCUT2D eigenvalue weighted by atomic mass is 10.2. The highest BCUT2D eigenvalue weighted by Crippen LogP contribution is 2.27. The van der Waals surface area contributed by atoms with E-state index in [1.165, 1.54) is 18.6 Å². The van der Waals surface area contributed by atoms with Crippen molar-refractivity contribution in [3.63, 3.8) is 0 Å². The minimum absolute atomic E-state index is 0.0879. The average molecular weight is 286 g/mol. The number of hydrogen-bond donors (Lipinski definition) is 1. The summed E-state index contributed by atoms with van der Waals surface area (Å²) in [4.78, 5) is 10.6. The third-order valence-corrected chi connectivity index (χ3v) is 3.64. The Bertz CT molecular complexity index is 420. The van der Waals surface area contributed by atoms with Crippen molar-refractivity contribution in [3.8, 4) is 0 Å². The van der Waals surface area contributed by atoms with Gasteiger partial charge in [-0.2, -0.15) is 16.9 Å². The zero-order chi connectivity index (χ0) is 14.3. The van der Waals surface area contributed by atoms with Crippen molar-refractivity contribution in [1.82, 2.24) is 9.78 Å². The molecular weight excluding hydrogens is 264 g/mol. The molecule has 108 valence electrons. The molecule has 1 aromatic heterocycles. The van der Waals surface area contributed by atoms with Crippen LogP contribution in [0.4, 0.5) is 11.5 Å². The molecule has 1 N–H and O–H groups in total. The molecule has 0 atom stereocenters. The molecule has 6 nitrogen and oxygen atoms in total. The maximum atomic E-state index is 11.0. The van der Waals surface area contributed by atoms with Crippen LogP contribution in [0.15, 0.2) is 0 Å². The van der Waals surface area contributed by atoms with Gasteiger partial charge in [-0.3, -0.25) is 10.1 Å². The maximum Gasteiger partial charge on any atom is 0.333 e. The summed E-state index contributed by atoms with van der Waals surface area (Å²) in [6, 6.07) is 0. The van der Waals surface area contributed by atoms with Crippen molar-refractivity contribution in [2.45, 2.75) is 32.6 Å². The Labute approximate surface area is 118 Å². The van der Waals surface area contributed by atoms with Crippen molar-refractivity contribution in [3.05, 3.63) is 15.8 Å². The van der Waals surface area contributed by atoms with E-state index in [9.17, 15) is 10.1 Å². The number of nitrogens with zero attached hydrogens (tertiary/aromatic N) is 3. The quantitative estimate of drug-likeness (QED) is 0.429. The van der Waals surface area contributed by atoms with Crippen molar-refractivity contribution < 1.29 is 4.92 Å². The third kappa shape index (κ3) is 4.74. The second-order valence-corrected chi connectivity index (χ2v) is 5.48. The van der Waals surface area contributed by atoms with Gasteiger partial charge in [-0.25, -0.2) is 4.68 Å². The molecule has 0 aliphatic carbocycles. The molecule has 1 heterocycles. The summed E-state index contributed by atoms with van der Waals surface area (Å²) < 4.78 is 1.54. The van der Waals surface area contributed by atoms with Gasteiger partial charge in [0.15, 0.2) is 0 Å². The lowest BCUT2D eigenvalue weighted by molar-refractivity contribution is -0.384. The van der Waals surface area contributed by atoms with Crippen LogP contribution in [0.5, 0.6) is 0 Å². The number of thioether (sulfide) groups is 1. The molecule has 0 amide bonds. The fourth-order valence-corrected chi connectivity index (χ4v) is 2.49. The van der Waals surface area contributed by atoms with E-state index in [0.717, 1.165) is 19.4 Å². The molecule has 0 saturated heterocycles. The Hall–Kier alpha value is -1.24. The van der Waals surface area contributed by atoms with Crippen LogP contribution >= 0.6 is 11.8 Å². The predicted octanol–water partition coefficient (Wildman–Crippen LogP) is 2.97. The summed E-state index contributed by atoms with van der Waals surface area (Å²) >= 11 is 1.87. The Morgan fingerprint density at radius 2 is 2.05 bits per heavy atom. The van der Waals surface area contributed by atoms with Gasteiger partial charge >= 0.3 is 5.69 Å². The molecule has 19 heavy (non-hydrogen) atoms. The summed E-state index contributed by atoms with van der Waals surface area (Å²) in [5, 5.41) is 18.2. The third-order valence-electron chi connectivity index (χ3n) is 2.94. The van der Waals surface area contributed by atoms with Crippen molar-refractivity contribution in [1.29, 1.82) is 0 Å². The molecular formula is C12H22N4O2S. The maximum absolute atomic E-state index is 11.0. The summed E-state index contributed by atoms with van der Waals surface area (Å²) in [6.45, 7) is 2.41. The van der Waals surface area contributed by atoms with Gasteiger partial charge in [0.1, 0.15) is 5.69 Å². The number of aryl methyl sites for hydroxylation is 2. The first kappa shape index (κ1) is 15.8. The van der Waals surface area contributed by atoms with Gasteiger partial charge in [0.05, 0.1) is 4.92 Å². The molecule has 0 fully saturated rings. The molecule has 0 unspecified atom stereocenters. The molecule has 0 saturated carbocycles. The van der Waals surface area contributed by atoms with E-state index < -0.39 is 0 Å². The second-order valence-electron chi connectivity index (χ2n) is 4.50. The van der Waals surface area contributed by atoms with Gasteiger partial charge in [-0.1, -0.05) is 12.8 Å². The van der Waals surface area contributed by atoms with Crippen LogP contribution in [-0.2, 0) is 7.05 Å². The molecule has 0 bridgehead atoms. The largest absolute Gasteiger partial charge is 0.365 e. The normalized spacial score (nSPS) is 10.7. The van der Waals surface area contributed by atoms with Gasteiger partial charge in [-0.05, 0) is 31.8 Å². The number of anilines is 1. The standard InChI is InChI=1S/C12H22N4O2S/c1-10-11(16(17)18)12(15(2)14-10)13-8-6-4-5-7-9-19-3/h13H,4-9H2,1-3H3. The van der Waals surface area contributed by atoms with Crippen LogP contribution < -0.4 is 5.32 Å². The van der Waals surface area contributed by atoms with E-state index in [1.54, 1.807) is 18.7 Å². The lowest BCUT2D eigenvalue weighted by Crippen LogP contribution is -2.08. The Morgan fingerprint density at radius 3 is 2.68 bits per heavy atom. The van der Waals surface area contributed by atoms with Crippen LogP contribution in [0, 0.1) is 17.0 Å². The average Bonchev–Trinajstić information content (AvgIpc) is 2.63. The monoisotopic (exact) mass is 286 g/mol. The first-order valence-corrected chi connectivity index (χ1v) is 7.88. The summed E-state index contributed by atoms with van der Waals surface area (Å²) in [7, 11) is 1.72. The van der Waals surface area contributed by atoms with E-state index in [0.29, 0.717) is 11.5 Å². The van der Waals surface area contributed by atoms with Crippen LogP contribution in [0.3, 0.4) is 0 Å².